The van der Waals surface area contributed by atoms with Crippen molar-refractivity contribution < 1.29 is 18.6 Å². The maximum Gasteiger partial charge on any atom is 0.226 e. The Kier molecular flexibility index (Phi) is 5.58. The van der Waals surface area contributed by atoms with Gasteiger partial charge in [0.15, 0.2) is 0 Å². The van der Waals surface area contributed by atoms with Crippen LogP contribution in [0.1, 0.15) is 12.6 Å². The first-order chi connectivity index (χ1) is 9.83. The summed E-state index contributed by atoms with van der Waals surface area (Å²) in [6, 6.07) is 7.56. The van der Waals surface area contributed by atoms with Gasteiger partial charge in [-0.1, -0.05) is 0 Å². The highest BCUT2D eigenvalue weighted by Gasteiger charge is 2.07. The van der Waals surface area contributed by atoms with Crippen LogP contribution >= 0.6 is 0 Å². The van der Waals surface area contributed by atoms with Crippen molar-refractivity contribution in [3.8, 4) is 17.2 Å². The highest BCUT2D eigenvalue weighted by Crippen LogP contribution is 2.21. The van der Waals surface area contributed by atoms with Gasteiger partial charge in [0.2, 0.25) is 5.89 Å². The van der Waals surface area contributed by atoms with E-state index in [-0.39, 0.29) is 0 Å². The summed E-state index contributed by atoms with van der Waals surface area (Å²) in [4.78, 5) is 4.38. The van der Waals surface area contributed by atoms with Gasteiger partial charge < -0.3 is 18.6 Å². The van der Waals surface area contributed by atoms with Gasteiger partial charge in [0, 0.05) is 12.2 Å². The van der Waals surface area contributed by atoms with Gasteiger partial charge >= 0.3 is 0 Å². The van der Waals surface area contributed by atoms with Crippen molar-refractivity contribution in [2.24, 2.45) is 0 Å². The molecule has 0 aliphatic rings. The molecule has 0 unspecified atom stereocenters. The van der Waals surface area contributed by atoms with E-state index in [1.165, 1.54) is 0 Å². The molecule has 0 N–H and O–H groups in total. The van der Waals surface area contributed by atoms with Crippen LogP contribution in [0.3, 0.4) is 0 Å². The summed E-state index contributed by atoms with van der Waals surface area (Å²) in [6.07, 6.45) is 1.61. The molecule has 0 bridgehead atoms. The fourth-order valence-corrected chi connectivity index (χ4v) is 1.68. The number of methoxy groups -OCH3 is 1. The molecule has 1 aromatic heterocycles. The molecular weight excluding hydrogens is 258 g/mol. The third-order valence-corrected chi connectivity index (χ3v) is 2.71. The normalized spacial score (nSPS) is 10.7. The van der Waals surface area contributed by atoms with E-state index >= 15 is 0 Å². The summed E-state index contributed by atoms with van der Waals surface area (Å²) in [5.74, 6) is 1.39. The summed E-state index contributed by atoms with van der Waals surface area (Å²) in [6.45, 7) is 4.23. The van der Waals surface area contributed by atoms with Gasteiger partial charge in [0.05, 0.1) is 26.9 Å². The van der Waals surface area contributed by atoms with Crippen LogP contribution in [0.25, 0.3) is 11.5 Å². The van der Waals surface area contributed by atoms with Gasteiger partial charge in [-0.05, 0) is 31.2 Å². The Balaban J connectivity index is 1.87. The van der Waals surface area contributed by atoms with Crippen molar-refractivity contribution in [2.75, 3.05) is 26.9 Å². The Bertz CT molecular complexity index is 507. The highest BCUT2D eigenvalue weighted by molar-refractivity contribution is 5.54. The Morgan fingerprint density at radius 1 is 1.10 bits per heavy atom. The lowest BCUT2D eigenvalue weighted by atomic mass is 10.2. The van der Waals surface area contributed by atoms with Gasteiger partial charge in [-0.15, -0.1) is 0 Å². The van der Waals surface area contributed by atoms with E-state index in [0.717, 1.165) is 17.0 Å². The quantitative estimate of drug-likeness (QED) is 0.694. The minimum Gasteiger partial charge on any atom is -0.497 e. The molecule has 20 heavy (non-hydrogen) atoms. The summed E-state index contributed by atoms with van der Waals surface area (Å²) in [5.41, 5.74) is 1.68. The van der Waals surface area contributed by atoms with Crippen LogP contribution in [0.5, 0.6) is 5.75 Å². The molecule has 5 nitrogen and oxygen atoms in total. The Morgan fingerprint density at radius 3 is 2.55 bits per heavy atom. The molecule has 1 heterocycles. The maximum atomic E-state index is 5.44. The van der Waals surface area contributed by atoms with Crippen LogP contribution in [0.2, 0.25) is 0 Å². The molecule has 0 fully saturated rings. The second-order valence-corrected chi connectivity index (χ2v) is 4.12. The van der Waals surface area contributed by atoms with E-state index in [1.807, 2.05) is 31.2 Å². The van der Waals surface area contributed by atoms with E-state index in [0.29, 0.717) is 32.3 Å². The van der Waals surface area contributed by atoms with Crippen molar-refractivity contribution in [2.45, 2.75) is 13.5 Å². The molecule has 108 valence electrons. The number of aromatic nitrogens is 1. The Labute approximate surface area is 118 Å². The van der Waals surface area contributed by atoms with Crippen LogP contribution in [-0.2, 0) is 16.1 Å². The first kappa shape index (κ1) is 14.6. The largest absolute Gasteiger partial charge is 0.497 e. The predicted octanol–water partition coefficient (Wildman–Crippen LogP) is 2.90. The van der Waals surface area contributed by atoms with Crippen molar-refractivity contribution in [3.05, 3.63) is 36.2 Å². The molecule has 0 aliphatic heterocycles. The predicted molar refractivity (Wildman–Crippen MR) is 74.6 cm³/mol. The molecule has 0 aliphatic carbocycles. The molecule has 0 amide bonds. The van der Waals surface area contributed by atoms with E-state index in [9.17, 15) is 0 Å². The average Bonchev–Trinajstić information content (AvgIpc) is 2.96. The molecule has 0 saturated heterocycles. The van der Waals surface area contributed by atoms with Crippen LogP contribution in [0.15, 0.2) is 34.9 Å². The number of oxazole rings is 1. The fourth-order valence-electron chi connectivity index (χ4n) is 1.68. The van der Waals surface area contributed by atoms with Crippen molar-refractivity contribution in [1.82, 2.24) is 4.98 Å². The number of nitrogens with zero attached hydrogens (tertiary/aromatic N) is 1. The molecule has 0 atom stereocenters. The third kappa shape index (κ3) is 4.08. The lowest BCUT2D eigenvalue weighted by Crippen LogP contribution is -2.04. The fraction of sp³-hybridized carbons (Fsp3) is 0.400. The Hall–Kier alpha value is -1.85. The summed E-state index contributed by atoms with van der Waals surface area (Å²) in [7, 11) is 1.64. The number of ether oxygens (including phenoxy) is 3. The van der Waals surface area contributed by atoms with Gasteiger partial charge in [0.1, 0.15) is 17.7 Å². The average molecular weight is 277 g/mol. The molecule has 0 spiro atoms. The van der Waals surface area contributed by atoms with Crippen molar-refractivity contribution in [3.63, 3.8) is 0 Å². The third-order valence-electron chi connectivity index (χ3n) is 2.71. The summed E-state index contributed by atoms with van der Waals surface area (Å²) in [5, 5.41) is 0. The van der Waals surface area contributed by atoms with Crippen LogP contribution < -0.4 is 4.74 Å². The highest BCUT2D eigenvalue weighted by atomic mass is 16.5. The lowest BCUT2D eigenvalue weighted by Gasteiger charge is -2.01. The number of hydrogen-bond acceptors (Lipinski definition) is 5. The van der Waals surface area contributed by atoms with Crippen LogP contribution in [0, 0.1) is 0 Å². The summed E-state index contributed by atoms with van der Waals surface area (Å²) >= 11 is 0. The van der Waals surface area contributed by atoms with Gasteiger partial charge in [-0.25, -0.2) is 4.98 Å². The first-order valence-electron chi connectivity index (χ1n) is 6.57. The minimum atomic E-state index is 0.423. The molecule has 2 rings (SSSR count). The maximum absolute atomic E-state index is 5.44. The second-order valence-electron chi connectivity index (χ2n) is 4.12. The van der Waals surface area contributed by atoms with Crippen molar-refractivity contribution >= 4 is 0 Å². The summed E-state index contributed by atoms with van der Waals surface area (Å²) < 4.78 is 21.2. The standard InChI is InChI=1S/C15H19NO4/c1-3-18-8-9-19-10-13-11-20-15(16-13)12-4-6-14(17-2)7-5-12/h4-7,11H,3,8-10H2,1-2H3. The van der Waals surface area contributed by atoms with E-state index in [2.05, 4.69) is 4.98 Å². The van der Waals surface area contributed by atoms with Gasteiger partial charge in [-0.2, -0.15) is 0 Å². The zero-order valence-corrected chi connectivity index (χ0v) is 11.8. The topological polar surface area (TPSA) is 53.7 Å². The molecule has 0 saturated carbocycles. The number of hydrogen-bond donors (Lipinski definition) is 0. The van der Waals surface area contributed by atoms with E-state index in [1.54, 1.807) is 13.4 Å². The minimum absolute atomic E-state index is 0.423. The molecular formula is C15H19NO4. The monoisotopic (exact) mass is 277 g/mol. The van der Waals surface area contributed by atoms with E-state index in [4.69, 9.17) is 18.6 Å². The molecule has 0 radical (unpaired) electrons. The molecule has 5 heteroatoms. The van der Waals surface area contributed by atoms with E-state index < -0.39 is 0 Å². The zero-order valence-electron chi connectivity index (χ0n) is 11.8. The molecule has 1 aromatic carbocycles. The molecule has 2 aromatic rings. The number of rotatable bonds is 8. The lowest BCUT2D eigenvalue weighted by molar-refractivity contribution is 0.0441. The Morgan fingerprint density at radius 2 is 1.85 bits per heavy atom. The van der Waals surface area contributed by atoms with Crippen LogP contribution in [0.4, 0.5) is 0 Å². The van der Waals surface area contributed by atoms with Gasteiger partial charge in [0.25, 0.3) is 0 Å². The zero-order chi connectivity index (χ0) is 14.2. The van der Waals surface area contributed by atoms with Crippen molar-refractivity contribution in [1.29, 1.82) is 0 Å². The van der Waals surface area contributed by atoms with Crippen LogP contribution in [-0.4, -0.2) is 31.9 Å². The smallest absolute Gasteiger partial charge is 0.226 e. The second kappa shape index (κ2) is 7.67. The first-order valence-corrected chi connectivity index (χ1v) is 6.57. The SMILES string of the molecule is CCOCCOCc1coc(-c2ccc(OC)cc2)n1. The number of benzene rings is 1. The van der Waals surface area contributed by atoms with Gasteiger partial charge in [-0.3, -0.25) is 0 Å².